The van der Waals surface area contributed by atoms with E-state index in [1.807, 2.05) is 31.0 Å². The van der Waals surface area contributed by atoms with E-state index in [2.05, 4.69) is 20.3 Å². The molecule has 0 aromatic carbocycles. The van der Waals surface area contributed by atoms with E-state index in [-0.39, 0.29) is 17.9 Å². The lowest BCUT2D eigenvalue weighted by Crippen LogP contribution is -2.44. The highest BCUT2D eigenvalue weighted by Gasteiger charge is 2.37. The Morgan fingerprint density at radius 2 is 1.90 bits per heavy atom. The van der Waals surface area contributed by atoms with Crippen molar-refractivity contribution in [1.29, 1.82) is 0 Å². The second kappa shape index (κ2) is 8.79. The third-order valence-electron chi connectivity index (χ3n) is 5.86. The minimum Gasteiger partial charge on any atom is -0.334 e. The van der Waals surface area contributed by atoms with E-state index in [1.54, 1.807) is 11.3 Å². The highest BCUT2D eigenvalue weighted by Crippen LogP contribution is 2.35. The molecule has 4 rings (SSSR count). The summed E-state index contributed by atoms with van der Waals surface area (Å²) in [5, 5.41) is 4.02. The van der Waals surface area contributed by atoms with Crippen molar-refractivity contribution in [3.8, 4) is 0 Å². The minimum atomic E-state index is -3.20. The standard InChI is InChI=1S/C20H28N6O3S2/c1-13-12-21-20(30-13)24-18-11-16(22-14(2)23-18)17-5-4-8-26(17)19(27)15-6-9-25(10-7-15)31(3,28)29/h11-12,15,17H,4-10H2,1-3H3,(H,21,22,23,24). The average molecular weight is 465 g/mol. The van der Waals surface area contributed by atoms with Gasteiger partial charge in [-0.2, -0.15) is 0 Å². The van der Waals surface area contributed by atoms with Crippen LogP contribution in [0.5, 0.6) is 0 Å². The van der Waals surface area contributed by atoms with Gasteiger partial charge in [-0.25, -0.2) is 27.7 Å². The third kappa shape index (κ3) is 5.04. The molecular formula is C20H28N6O3S2. The Morgan fingerprint density at radius 1 is 1.16 bits per heavy atom. The quantitative estimate of drug-likeness (QED) is 0.724. The molecule has 0 bridgehead atoms. The smallest absolute Gasteiger partial charge is 0.226 e. The summed E-state index contributed by atoms with van der Waals surface area (Å²) in [5.74, 6) is 1.29. The normalized spacial score (nSPS) is 20.9. The van der Waals surface area contributed by atoms with Gasteiger partial charge in [0.2, 0.25) is 15.9 Å². The fourth-order valence-electron chi connectivity index (χ4n) is 4.35. The number of piperidine rings is 1. The van der Waals surface area contributed by atoms with Gasteiger partial charge >= 0.3 is 0 Å². The van der Waals surface area contributed by atoms with Crippen LogP contribution in [0.1, 0.15) is 48.1 Å². The molecule has 0 spiro atoms. The van der Waals surface area contributed by atoms with Gasteiger partial charge in [0.1, 0.15) is 11.6 Å². The van der Waals surface area contributed by atoms with Crippen molar-refractivity contribution in [3.05, 3.63) is 28.7 Å². The van der Waals surface area contributed by atoms with E-state index in [0.29, 0.717) is 44.1 Å². The summed E-state index contributed by atoms with van der Waals surface area (Å²) >= 11 is 1.56. The van der Waals surface area contributed by atoms with Crippen LogP contribution < -0.4 is 5.32 Å². The van der Waals surface area contributed by atoms with Gasteiger partial charge in [-0.05, 0) is 39.5 Å². The van der Waals surface area contributed by atoms with Gasteiger partial charge < -0.3 is 10.2 Å². The van der Waals surface area contributed by atoms with Crippen LogP contribution in [-0.2, 0) is 14.8 Å². The fraction of sp³-hybridized carbons (Fsp3) is 0.600. The summed E-state index contributed by atoms with van der Waals surface area (Å²) in [5.41, 5.74) is 0.836. The number of hydrogen-bond acceptors (Lipinski definition) is 8. The van der Waals surface area contributed by atoms with Crippen LogP contribution >= 0.6 is 11.3 Å². The number of carbonyl (C=O) groups is 1. The molecule has 1 amide bonds. The molecular weight excluding hydrogens is 436 g/mol. The summed E-state index contributed by atoms with van der Waals surface area (Å²) in [4.78, 5) is 29.8. The summed E-state index contributed by atoms with van der Waals surface area (Å²) in [6.07, 6.45) is 5.95. The van der Waals surface area contributed by atoms with Gasteiger partial charge in [-0.1, -0.05) is 0 Å². The molecule has 1 unspecified atom stereocenters. The van der Waals surface area contributed by atoms with Crippen molar-refractivity contribution >= 4 is 38.2 Å². The number of carbonyl (C=O) groups excluding carboxylic acids is 1. The Bertz CT molecular complexity index is 1060. The zero-order valence-corrected chi connectivity index (χ0v) is 19.7. The number of aryl methyl sites for hydroxylation is 2. The molecule has 2 aromatic rings. The maximum atomic E-state index is 13.3. The highest BCUT2D eigenvalue weighted by molar-refractivity contribution is 7.88. The Hall–Kier alpha value is -2.11. The van der Waals surface area contributed by atoms with Gasteiger partial charge in [0.25, 0.3) is 0 Å². The van der Waals surface area contributed by atoms with Crippen LogP contribution in [0.3, 0.4) is 0 Å². The molecule has 2 aliphatic rings. The second-order valence-electron chi connectivity index (χ2n) is 8.25. The van der Waals surface area contributed by atoms with E-state index in [9.17, 15) is 13.2 Å². The lowest BCUT2D eigenvalue weighted by atomic mass is 9.96. The van der Waals surface area contributed by atoms with Crippen molar-refractivity contribution in [2.75, 3.05) is 31.2 Å². The first-order valence-electron chi connectivity index (χ1n) is 10.5. The predicted octanol–water partition coefficient (Wildman–Crippen LogP) is 2.63. The largest absolute Gasteiger partial charge is 0.334 e. The zero-order valence-electron chi connectivity index (χ0n) is 18.0. The molecule has 0 radical (unpaired) electrons. The monoisotopic (exact) mass is 464 g/mol. The van der Waals surface area contributed by atoms with Gasteiger partial charge in [-0.15, -0.1) is 11.3 Å². The van der Waals surface area contributed by atoms with E-state index < -0.39 is 10.0 Å². The van der Waals surface area contributed by atoms with Gasteiger partial charge in [0.05, 0.1) is 18.0 Å². The summed E-state index contributed by atoms with van der Waals surface area (Å²) < 4.78 is 25.0. The van der Waals surface area contributed by atoms with Crippen molar-refractivity contribution in [2.45, 2.75) is 45.6 Å². The van der Waals surface area contributed by atoms with Crippen LogP contribution in [0.15, 0.2) is 12.3 Å². The first-order valence-corrected chi connectivity index (χ1v) is 13.2. The number of hydrogen-bond donors (Lipinski definition) is 1. The molecule has 4 heterocycles. The molecule has 168 valence electrons. The fourth-order valence-corrected chi connectivity index (χ4v) is 5.90. The van der Waals surface area contributed by atoms with E-state index >= 15 is 0 Å². The van der Waals surface area contributed by atoms with Gasteiger partial charge in [-0.3, -0.25) is 4.79 Å². The molecule has 0 aliphatic carbocycles. The van der Waals surface area contributed by atoms with Gasteiger partial charge in [0, 0.05) is 42.7 Å². The van der Waals surface area contributed by atoms with E-state index in [0.717, 1.165) is 28.5 Å². The number of amides is 1. The second-order valence-corrected chi connectivity index (χ2v) is 11.5. The molecule has 1 atom stereocenters. The Balaban J connectivity index is 1.48. The maximum absolute atomic E-state index is 13.3. The van der Waals surface area contributed by atoms with Crippen molar-refractivity contribution in [3.63, 3.8) is 0 Å². The molecule has 1 N–H and O–H groups in total. The van der Waals surface area contributed by atoms with Crippen LogP contribution in [0.4, 0.5) is 10.9 Å². The number of aromatic nitrogens is 3. The SMILES string of the molecule is Cc1nc(Nc2ncc(C)s2)cc(C2CCCN2C(=O)C2CCN(S(C)(=O)=O)CC2)n1. The van der Waals surface area contributed by atoms with Crippen molar-refractivity contribution in [2.24, 2.45) is 5.92 Å². The van der Waals surface area contributed by atoms with Crippen molar-refractivity contribution in [1.82, 2.24) is 24.2 Å². The maximum Gasteiger partial charge on any atom is 0.226 e. The number of likely N-dealkylation sites (tertiary alicyclic amines) is 1. The van der Waals surface area contributed by atoms with Crippen LogP contribution in [0, 0.1) is 19.8 Å². The Kier molecular flexibility index (Phi) is 6.27. The third-order valence-corrected chi connectivity index (χ3v) is 7.99. The molecule has 2 fully saturated rings. The molecule has 2 saturated heterocycles. The number of nitrogens with zero attached hydrogens (tertiary/aromatic N) is 5. The van der Waals surface area contributed by atoms with Crippen molar-refractivity contribution < 1.29 is 13.2 Å². The molecule has 2 aromatic heterocycles. The topological polar surface area (TPSA) is 108 Å². The van der Waals surface area contributed by atoms with E-state index in [4.69, 9.17) is 0 Å². The van der Waals surface area contributed by atoms with Crippen LogP contribution in [-0.4, -0.2) is 64.4 Å². The number of anilines is 2. The minimum absolute atomic E-state index is 0.0827. The predicted molar refractivity (Wildman–Crippen MR) is 120 cm³/mol. The van der Waals surface area contributed by atoms with Crippen LogP contribution in [0.2, 0.25) is 0 Å². The first kappa shape index (κ1) is 22.1. The van der Waals surface area contributed by atoms with Gasteiger partial charge in [0.15, 0.2) is 5.13 Å². The molecule has 11 heteroatoms. The number of sulfonamides is 1. The molecule has 0 saturated carbocycles. The summed E-state index contributed by atoms with van der Waals surface area (Å²) in [6.45, 7) is 5.36. The summed E-state index contributed by atoms with van der Waals surface area (Å²) in [6, 6.07) is 1.83. The number of thiazole rings is 1. The zero-order chi connectivity index (χ0) is 22.2. The first-order chi connectivity index (χ1) is 14.7. The highest BCUT2D eigenvalue weighted by atomic mass is 32.2. The molecule has 2 aliphatic heterocycles. The molecule has 9 nitrogen and oxygen atoms in total. The number of nitrogens with one attached hydrogen (secondary N) is 1. The Labute approximate surface area is 187 Å². The van der Waals surface area contributed by atoms with Crippen LogP contribution in [0.25, 0.3) is 0 Å². The molecule has 31 heavy (non-hydrogen) atoms. The Morgan fingerprint density at radius 3 is 2.55 bits per heavy atom. The summed E-state index contributed by atoms with van der Waals surface area (Å²) in [7, 11) is -3.20. The number of rotatable bonds is 5. The lowest BCUT2D eigenvalue weighted by Gasteiger charge is -2.33. The lowest BCUT2D eigenvalue weighted by molar-refractivity contribution is -0.137. The average Bonchev–Trinajstić information content (AvgIpc) is 3.35. The van der Waals surface area contributed by atoms with E-state index in [1.165, 1.54) is 10.6 Å².